The summed E-state index contributed by atoms with van der Waals surface area (Å²) in [7, 11) is 0. The van der Waals surface area contributed by atoms with E-state index in [1.54, 1.807) is 13.8 Å². The molecule has 8 nitrogen and oxygen atoms in total. The Morgan fingerprint density at radius 1 is 1.30 bits per heavy atom. The van der Waals surface area contributed by atoms with Crippen LogP contribution in [0.15, 0.2) is 4.34 Å². The summed E-state index contributed by atoms with van der Waals surface area (Å²) < 4.78 is 5.70. The first-order valence-electron chi connectivity index (χ1n) is 7.03. The Labute approximate surface area is 142 Å². The van der Waals surface area contributed by atoms with E-state index in [9.17, 15) is 14.4 Å². The van der Waals surface area contributed by atoms with Crippen LogP contribution < -0.4 is 10.6 Å². The molecule has 0 radical (unpaired) electrons. The summed E-state index contributed by atoms with van der Waals surface area (Å²) in [5.41, 5.74) is 0. The van der Waals surface area contributed by atoms with Crippen molar-refractivity contribution in [3.8, 4) is 0 Å². The Morgan fingerprint density at radius 2 is 2.00 bits per heavy atom. The number of esters is 1. The summed E-state index contributed by atoms with van der Waals surface area (Å²) in [5, 5.41) is 13.1. The molecule has 128 valence electrons. The summed E-state index contributed by atoms with van der Waals surface area (Å²) in [6.07, 6.45) is 0. The van der Waals surface area contributed by atoms with Crippen LogP contribution in [-0.4, -0.2) is 46.4 Å². The summed E-state index contributed by atoms with van der Waals surface area (Å²) in [6, 6.07) is -0.783. The van der Waals surface area contributed by atoms with Crippen molar-refractivity contribution < 1.29 is 19.1 Å². The van der Waals surface area contributed by atoms with Gasteiger partial charge in [0.1, 0.15) is 6.04 Å². The van der Waals surface area contributed by atoms with E-state index in [0.717, 1.165) is 10.1 Å². The van der Waals surface area contributed by atoms with Gasteiger partial charge in [-0.25, -0.2) is 4.79 Å². The van der Waals surface area contributed by atoms with Crippen molar-refractivity contribution in [1.82, 2.24) is 15.5 Å². The van der Waals surface area contributed by atoms with Gasteiger partial charge >= 0.3 is 5.97 Å². The summed E-state index contributed by atoms with van der Waals surface area (Å²) in [6.45, 7) is 6.41. The molecule has 1 atom stereocenters. The van der Waals surface area contributed by atoms with Gasteiger partial charge in [-0.2, -0.15) is 0 Å². The lowest BCUT2D eigenvalue weighted by Crippen LogP contribution is -2.45. The van der Waals surface area contributed by atoms with Crippen LogP contribution in [0.4, 0.5) is 5.13 Å². The molecule has 23 heavy (non-hydrogen) atoms. The zero-order valence-electron chi connectivity index (χ0n) is 13.4. The van der Waals surface area contributed by atoms with Crippen LogP contribution in [0.5, 0.6) is 0 Å². The number of amides is 2. The molecular weight excluding hydrogens is 340 g/mol. The van der Waals surface area contributed by atoms with Crippen molar-refractivity contribution >= 4 is 46.0 Å². The zero-order chi connectivity index (χ0) is 17.4. The van der Waals surface area contributed by atoms with Crippen molar-refractivity contribution in [1.29, 1.82) is 0 Å². The predicted molar refractivity (Wildman–Crippen MR) is 88.3 cm³/mol. The quantitative estimate of drug-likeness (QED) is 0.408. The number of aromatic nitrogens is 2. The molecule has 10 heteroatoms. The number of hydrogen-bond donors (Lipinski definition) is 2. The van der Waals surface area contributed by atoms with Gasteiger partial charge in [0.25, 0.3) is 5.91 Å². The Kier molecular flexibility index (Phi) is 7.96. The minimum Gasteiger partial charge on any atom is -0.454 e. The van der Waals surface area contributed by atoms with Gasteiger partial charge in [0.05, 0.1) is 0 Å². The molecule has 0 aromatic carbocycles. The standard InChI is InChI=1S/C13H20N4O4S2/c1-5-22-13-17-16-12(23-13)15-9(19)6-21-11(20)10(7(2)3)14-8(4)18/h7,10H,5-6H2,1-4H3,(H,14,18)(H,15,16,19). The van der Waals surface area contributed by atoms with E-state index >= 15 is 0 Å². The van der Waals surface area contributed by atoms with E-state index in [-0.39, 0.29) is 11.8 Å². The average Bonchev–Trinajstić information content (AvgIpc) is 2.89. The number of rotatable bonds is 8. The monoisotopic (exact) mass is 360 g/mol. The molecule has 0 spiro atoms. The molecule has 1 heterocycles. The first kappa shape index (κ1) is 19.4. The first-order chi connectivity index (χ1) is 10.8. The molecule has 0 aliphatic carbocycles. The van der Waals surface area contributed by atoms with E-state index in [2.05, 4.69) is 20.8 Å². The topological polar surface area (TPSA) is 110 Å². The van der Waals surface area contributed by atoms with Crippen LogP contribution in [0, 0.1) is 5.92 Å². The molecule has 0 aliphatic rings. The number of hydrogen-bond acceptors (Lipinski definition) is 8. The molecule has 1 aromatic rings. The lowest BCUT2D eigenvalue weighted by atomic mass is 10.0. The van der Waals surface area contributed by atoms with Crippen molar-refractivity contribution in [2.75, 3.05) is 17.7 Å². The lowest BCUT2D eigenvalue weighted by Gasteiger charge is -2.19. The second kappa shape index (κ2) is 9.46. The third-order valence-electron chi connectivity index (χ3n) is 2.55. The molecule has 0 bridgehead atoms. The Bertz CT molecular complexity index is 562. The van der Waals surface area contributed by atoms with Crippen LogP contribution in [0.25, 0.3) is 0 Å². The van der Waals surface area contributed by atoms with Gasteiger partial charge in [0, 0.05) is 6.92 Å². The van der Waals surface area contributed by atoms with Gasteiger partial charge in [0.2, 0.25) is 11.0 Å². The van der Waals surface area contributed by atoms with Crippen LogP contribution in [0.2, 0.25) is 0 Å². The molecule has 0 saturated heterocycles. The van der Waals surface area contributed by atoms with E-state index in [1.165, 1.54) is 30.0 Å². The van der Waals surface area contributed by atoms with Crippen LogP contribution in [0.1, 0.15) is 27.7 Å². The maximum Gasteiger partial charge on any atom is 0.329 e. The molecule has 0 fully saturated rings. The highest BCUT2D eigenvalue weighted by Crippen LogP contribution is 2.24. The van der Waals surface area contributed by atoms with Gasteiger partial charge in [-0.3, -0.25) is 14.9 Å². The van der Waals surface area contributed by atoms with Gasteiger partial charge in [-0.1, -0.05) is 43.9 Å². The lowest BCUT2D eigenvalue weighted by molar-refractivity contribution is -0.151. The van der Waals surface area contributed by atoms with Gasteiger partial charge in [-0.15, -0.1) is 10.2 Å². The number of ether oxygens (including phenoxy) is 1. The fraction of sp³-hybridized carbons (Fsp3) is 0.615. The average molecular weight is 360 g/mol. The van der Waals surface area contributed by atoms with E-state index in [4.69, 9.17) is 4.74 Å². The minimum absolute atomic E-state index is 0.147. The van der Waals surface area contributed by atoms with Gasteiger partial charge in [0.15, 0.2) is 10.9 Å². The number of nitrogens with one attached hydrogen (secondary N) is 2. The summed E-state index contributed by atoms with van der Waals surface area (Å²) in [4.78, 5) is 34.8. The smallest absolute Gasteiger partial charge is 0.329 e. The molecule has 1 unspecified atom stereocenters. The van der Waals surface area contributed by atoms with Crippen LogP contribution in [-0.2, 0) is 19.1 Å². The maximum absolute atomic E-state index is 11.9. The molecule has 1 aromatic heterocycles. The number of anilines is 1. The number of thioether (sulfide) groups is 1. The highest BCUT2D eigenvalue weighted by atomic mass is 32.2. The Hall–Kier alpha value is -1.68. The van der Waals surface area contributed by atoms with Crippen molar-refractivity contribution in [2.24, 2.45) is 5.92 Å². The SMILES string of the molecule is CCSc1nnc(NC(=O)COC(=O)C(NC(C)=O)C(C)C)s1. The Morgan fingerprint density at radius 3 is 2.57 bits per heavy atom. The number of nitrogens with zero attached hydrogens (tertiary/aromatic N) is 2. The molecule has 2 amide bonds. The van der Waals surface area contributed by atoms with Gasteiger partial charge < -0.3 is 10.1 Å². The maximum atomic E-state index is 11.9. The van der Waals surface area contributed by atoms with Crippen molar-refractivity contribution in [3.05, 3.63) is 0 Å². The number of carbonyl (C=O) groups is 3. The largest absolute Gasteiger partial charge is 0.454 e. The Balaban J connectivity index is 2.47. The highest BCUT2D eigenvalue weighted by molar-refractivity contribution is 8.01. The second-order valence-corrected chi connectivity index (χ2v) is 7.37. The zero-order valence-corrected chi connectivity index (χ0v) is 15.0. The summed E-state index contributed by atoms with van der Waals surface area (Å²) >= 11 is 2.77. The molecule has 0 aliphatic heterocycles. The molecule has 0 saturated carbocycles. The van der Waals surface area contributed by atoms with Crippen LogP contribution in [0.3, 0.4) is 0 Å². The first-order valence-corrected chi connectivity index (χ1v) is 8.83. The number of carbonyl (C=O) groups excluding carboxylic acids is 3. The van der Waals surface area contributed by atoms with Crippen LogP contribution >= 0.6 is 23.1 Å². The van der Waals surface area contributed by atoms with E-state index in [0.29, 0.717) is 5.13 Å². The molecule has 1 rings (SSSR count). The van der Waals surface area contributed by atoms with Crippen molar-refractivity contribution in [3.63, 3.8) is 0 Å². The van der Waals surface area contributed by atoms with Crippen molar-refractivity contribution in [2.45, 2.75) is 38.1 Å². The second-order valence-electron chi connectivity index (χ2n) is 4.88. The third kappa shape index (κ3) is 6.95. The fourth-order valence-corrected chi connectivity index (χ4v) is 3.21. The minimum atomic E-state index is -0.783. The summed E-state index contributed by atoms with van der Waals surface area (Å²) in [5.74, 6) is -0.774. The third-order valence-corrected chi connectivity index (χ3v) is 4.40. The molecule has 2 N–H and O–H groups in total. The van der Waals surface area contributed by atoms with E-state index < -0.39 is 24.5 Å². The van der Waals surface area contributed by atoms with E-state index in [1.807, 2.05) is 6.92 Å². The van der Waals surface area contributed by atoms with Gasteiger partial charge in [-0.05, 0) is 11.7 Å². The molecular formula is C13H20N4O4S2. The fourth-order valence-electron chi connectivity index (χ4n) is 1.54. The highest BCUT2D eigenvalue weighted by Gasteiger charge is 2.25. The normalized spacial score (nSPS) is 11.9. The predicted octanol–water partition coefficient (Wildman–Crippen LogP) is 1.29.